The summed E-state index contributed by atoms with van der Waals surface area (Å²) in [6, 6.07) is 5.27. The number of rotatable bonds is 8. The average Bonchev–Trinajstić information content (AvgIpc) is 2.44. The molecule has 0 saturated heterocycles. The minimum absolute atomic E-state index is 0.00305. The summed E-state index contributed by atoms with van der Waals surface area (Å²) in [5.74, 6) is 1.15. The molecule has 5 heteroatoms. The molecule has 1 aromatic rings. The van der Waals surface area contributed by atoms with Crippen molar-refractivity contribution in [1.82, 2.24) is 10.2 Å². The molecule has 1 amide bonds. The first-order chi connectivity index (χ1) is 9.96. The number of hydrogen-bond acceptors (Lipinski definition) is 4. The number of carbonyl (C=O) groups is 2. The monoisotopic (exact) mass is 292 g/mol. The second kappa shape index (κ2) is 8.42. The lowest BCUT2D eigenvalue weighted by molar-refractivity contribution is -0.122. The van der Waals surface area contributed by atoms with Crippen molar-refractivity contribution in [1.29, 1.82) is 0 Å². The maximum Gasteiger partial charge on any atom is 0.234 e. The number of carbonyl (C=O) groups excluding carboxylic acids is 2. The van der Waals surface area contributed by atoms with Crippen LogP contribution in [0.15, 0.2) is 18.2 Å². The molecule has 0 bridgehead atoms. The van der Waals surface area contributed by atoms with Crippen molar-refractivity contribution in [3.8, 4) is 5.75 Å². The van der Waals surface area contributed by atoms with E-state index in [0.717, 1.165) is 17.6 Å². The van der Waals surface area contributed by atoms with Crippen LogP contribution in [-0.2, 0) is 11.3 Å². The summed E-state index contributed by atoms with van der Waals surface area (Å²) < 4.78 is 5.29. The molecule has 0 saturated carbocycles. The highest BCUT2D eigenvalue weighted by molar-refractivity contribution is 5.78. The minimum Gasteiger partial charge on any atom is -0.496 e. The highest BCUT2D eigenvalue weighted by Gasteiger charge is 2.11. The largest absolute Gasteiger partial charge is 0.496 e. The van der Waals surface area contributed by atoms with Crippen molar-refractivity contribution in [3.05, 3.63) is 29.3 Å². The van der Waals surface area contributed by atoms with Crippen LogP contribution in [0.3, 0.4) is 0 Å². The van der Waals surface area contributed by atoms with E-state index in [9.17, 15) is 9.59 Å². The summed E-state index contributed by atoms with van der Waals surface area (Å²) in [5, 5.41) is 2.88. The van der Waals surface area contributed by atoms with Crippen LogP contribution < -0.4 is 10.1 Å². The summed E-state index contributed by atoms with van der Waals surface area (Å²) in [6.07, 6.45) is 0.804. The Balaban J connectivity index is 2.63. The van der Waals surface area contributed by atoms with Crippen LogP contribution in [0.2, 0.25) is 0 Å². The molecule has 0 aromatic heterocycles. The highest BCUT2D eigenvalue weighted by atomic mass is 16.5. The molecule has 0 heterocycles. The van der Waals surface area contributed by atoms with E-state index in [1.807, 2.05) is 11.9 Å². The van der Waals surface area contributed by atoms with Gasteiger partial charge in [0.1, 0.15) is 12.0 Å². The molecule has 1 aromatic carbocycles. The van der Waals surface area contributed by atoms with Gasteiger partial charge in [-0.1, -0.05) is 13.8 Å². The van der Waals surface area contributed by atoms with E-state index >= 15 is 0 Å². The van der Waals surface area contributed by atoms with Crippen LogP contribution in [0.5, 0.6) is 5.75 Å². The summed E-state index contributed by atoms with van der Waals surface area (Å²) in [5.41, 5.74) is 1.49. The van der Waals surface area contributed by atoms with Crippen LogP contribution in [0.1, 0.15) is 29.8 Å². The van der Waals surface area contributed by atoms with Gasteiger partial charge in [0.2, 0.25) is 5.91 Å². The molecule has 0 aliphatic carbocycles. The van der Waals surface area contributed by atoms with Crippen molar-refractivity contribution < 1.29 is 14.3 Å². The zero-order valence-corrected chi connectivity index (χ0v) is 13.2. The lowest BCUT2D eigenvalue weighted by atomic mass is 10.1. The number of hydrogen-bond donors (Lipinski definition) is 1. The number of likely N-dealkylation sites (N-methyl/N-ethyl adjacent to an activating group) is 1. The predicted octanol–water partition coefficient (Wildman–Crippen LogP) is 1.71. The second-order valence-corrected chi connectivity index (χ2v) is 5.56. The molecule has 21 heavy (non-hydrogen) atoms. The Morgan fingerprint density at radius 3 is 2.71 bits per heavy atom. The molecule has 0 radical (unpaired) electrons. The van der Waals surface area contributed by atoms with Crippen molar-refractivity contribution in [2.45, 2.75) is 20.4 Å². The maximum atomic E-state index is 11.8. The number of aldehydes is 1. The third-order valence-electron chi connectivity index (χ3n) is 3.00. The van der Waals surface area contributed by atoms with Crippen molar-refractivity contribution in [2.75, 3.05) is 27.2 Å². The van der Waals surface area contributed by atoms with Gasteiger partial charge in [-0.2, -0.15) is 0 Å². The van der Waals surface area contributed by atoms with Gasteiger partial charge in [-0.3, -0.25) is 14.5 Å². The predicted molar refractivity (Wildman–Crippen MR) is 82.6 cm³/mol. The Kier molecular flexibility index (Phi) is 6.88. The molecule has 5 nitrogen and oxygen atoms in total. The first-order valence-electron chi connectivity index (χ1n) is 7.03. The number of amides is 1. The van der Waals surface area contributed by atoms with E-state index in [1.54, 1.807) is 25.3 Å². The fourth-order valence-electron chi connectivity index (χ4n) is 1.96. The van der Waals surface area contributed by atoms with Gasteiger partial charge in [0.05, 0.1) is 13.7 Å². The van der Waals surface area contributed by atoms with Crippen LogP contribution in [0.25, 0.3) is 0 Å². The average molecular weight is 292 g/mol. The van der Waals surface area contributed by atoms with Crippen molar-refractivity contribution in [2.24, 2.45) is 5.92 Å². The molecular formula is C16H24N2O3. The third-order valence-corrected chi connectivity index (χ3v) is 3.00. The third kappa shape index (κ3) is 5.95. The number of benzene rings is 1. The van der Waals surface area contributed by atoms with Crippen LogP contribution in [-0.4, -0.2) is 44.3 Å². The second-order valence-electron chi connectivity index (χ2n) is 5.56. The van der Waals surface area contributed by atoms with Gasteiger partial charge in [-0.25, -0.2) is 0 Å². The maximum absolute atomic E-state index is 11.8. The first-order valence-corrected chi connectivity index (χ1v) is 7.03. The Morgan fingerprint density at radius 1 is 1.43 bits per heavy atom. The SMILES string of the molecule is COc1ccc(C=O)cc1CN(C)CC(=O)NCC(C)C. The normalized spacial score (nSPS) is 10.8. The minimum atomic E-state index is -0.00305. The van der Waals surface area contributed by atoms with Crippen LogP contribution in [0.4, 0.5) is 0 Å². The van der Waals surface area contributed by atoms with Crippen molar-refractivity contribution >= 4 is 12.2 Å². The first kappa shape index (κ1) is 17.2. The van der Waals surface area contributed by atoms with Gasteiger partial charge in [0.25, 0.3) is 0 Å². The lowest BCUT2D eigenvalue weighted by Crippen LogP contribution is -2.36. The number of ether oxygens (including phenoxy) is 1. The summed E-state index contributed by atoms with van der Waals surface area (Å²) >= 11 is 0. The van der Waals surface area contributed by atoms with Gasteiger partial charge in [0, 0.05) is 24.2 Å². The summed E-state index contributed by atoms with van der Waals surface area (Å²) in [4.78, 5) is 24.5. The molecule has 0 fully saturated rings. The fraction of sp³-hybridized carbons (Fsp3) is 0.500. The van der Waals surface area contributed by atoms with E-state index in [4.69, 9.17) is 4.74 Å². The smallest absolute Gasteiger partial charge is 0.234 e. The number of nitrogens with zero attached hydrogens (tertiary/aromatic N) is 1. The lowest BCUT2D eigenvalue weighted by Gasteiger charge is -2.18. The van der Waals surface area contributed by atoms with Crippen LogP contribution in [0, 0.1) is 5.92 Å². The molecule has 1 N–H and O–H groups in total. The van der Waals surface area contributed by atoms with E-state index in [2.05, 4.69) is 19.2 Å². The fourth-order valence-corrected chi connectivity index (χ4v) is 1.96. The molecule has 0 aliphatic rings. The van der Waals surface area contributed by atoms with Gasteiger partial charge in [-0.15, -0.1) is 0 Å². The van der Waals surface area contributed by atoms with E-state index < -0.39 is 0 Å². The Morgan fingerprint density at radius 2 is 2.14 bits per heavy atom. The number of nitrogens with one attached hydrogen (secondary N) is 1. The molecule has 0 spiro atoms. The van der Waals surface area contributed by atoms with Crippen molar-refractivity contribution in [3.63, 3.8) is 0 Å². The highest BCUT2D eigenvalue weighted by Crippen LogP contribution is 2.20. The van der Waals surface area contributed by atoms with Crippen LogP contribution >= 0.6 is 0 Å². The molecule has 0 atom stereocenters. The Bertz CT molecular complexity index is 486. The molecule has 0 unspecified atom stereocenters. The zero-order valence-electron chi connectivity index (χ0n) is 13.2. The Labute approximate surface area is 126 Å². The summed E-state index contributed by atoms with van der Waals surface area (Å²) in [7, 11) is 3.46. The Hall–Kier alpha value is -1.88. The standard InChI is InChI=1S/C16H24N2O3/c1-12(2)8-17-16(20)10-18(3)9-14-7-13(11-19)5-6-15(14)21-4/h5-7,11-12H,8-10H2,1-4H3,(H,17,20). The van der Waals surface area contributed by atoms with E-state index in [0.29, 0.717) is 31.1 Å². The number of methoxy groups -OCH3 is 1. The summed E-state index contributed by atoms with van der Waals surface area (Å²) in [6.45, 7) is 5.64. The topological polar surface area (TPSA) is 58.6 Å². The van der Waals surface area contributed by atoms with Gasteiger partial charge >= 0.3 is 0 Å². The van der Waals surface area contributed by atoms with Gasteiger partial charge < -0.3 is 10.1 Å². The molecular weight excluding hydrogens is 268 g/mol. The molecule has 0 aliphatic heterocycles. The van der Waals surface area contributed by atoms with Gasteiger partial charge in [-0.05, 0) is 31.2 Å². The van der Waals surface area contributed by atoms with E-state index in [-0.39, 0.29) is 5.91 Å². The molecule has 116 valence electrons. The zero-order chi connectivity index (χ0) is 15.8. The molecule has 1 rings (SSSR count). The quantitative estimate of drug-likeness (QED) is 0.741. The van der Waals surface area contributed by atoms with Gasteiger partial charge in [0.15, 0.2) is 0 Å². The van der Waals surface area contributed by atoms with E-state index in [1.165, 1.54) is 0 Å².